The molecule has 0 saturated heterocycles. The third-order valence-corrected chi connectivity index (χ3v) is 3.72. The van der Waals surface area contributed by atoms with Gasteiger partial charge in [-0.25, -0.2) is 0 Å². The fraction of sp³-hybridized carbons (Fsp3) is 0.500. The molecule has 0 heterocycles. The van der Waals surface area contributed by atoms with Gasteiger partial charge >= 0.3 is 0 Å². The van der Waals surface area contributed by atoms with E-state index in [0.29, 0.717) is 16.3 Å². The van der Waals surface area contributed by atoms with E-state index in [1.54, 1.807) is 12.1 Å². The van der Waals surface area contributed by atoms with Gasteiger partial charge in [0.2, 0.25) is 0 Å². The minimum absolute atomic E-state index is 0.119. The molecule has 94 valence electrons. The summed E-state index contributed by atoms with van der Waals surface area (Å²) in [7, 11) is 0. The van der Waals surface area contributed by atoms with Gasteiger partial charge in [-0.05, 0) is 25.3 Å². The van der Waals surface area contributed by atoms with E-state index in [1.807, 2.05) is 0 Å². The van der Waals surface area contributed by atoms with E-state index in [9.17, 15) is 10.1 Å². The Bertz CT molecular complexity index is 398. The zero-order valence-electron chi connectivity index (χ0n) is 9.66. The van der Waals surface area contributed by atoms with Crippen LogP contribution in [0, 0.1) is 10.1 Å². The van der Waals surface area contributed by atoms with Crippen LogP contribution in [0.1, 0.15) is 31.7 Å². The monoisotopic (exact) mass is 319 g/mol. The van der Waals surface area contributed by atoms with Crippen LogP contribution in [-0.2, 0) is 6.42 Å². The van der Waals surface area contributed by atoms with Gasteiger partial charge in [-0.3, -0.25) is 10.1 Å². The van der Waals surface area contributed by atoms with E-state index >= 15 is 0 Å². The van der Waals surface area contributed by atoms with Crippen LogP contribution in [0.15, 0.2) is 18.2 Å². The maximum absolute atomic E-state index is 10.9. The molecule has 17 heavy (non-hydrogen) atoms. The highest BCUT2D eigenvalue weighted by atomic mass is 79.9. The molecule has 0 N–H and O–H groups in total. The van der Waals surface area contributed by atoms with Crippen LogP contribution in [0.3, 0.4) is 0 Å². The molecule has 0 aliphatic rings. The van der Waals surface area contributed by atoms with Crippen molar-refractivity contribution >= 4 is 33.2 Å². The van der Waals surface area contributed by atoms with Gasteiger partial charge in [0.1, 0.15) is 0 Å². The van der Waals surface area contributed by atoms with E-state index in [1.165, 1.54) is 6.07 Å². The Morgan fingerprint density at radius 2 is 2.18 bits per heavy atom. The summed E-state index contributed by atoms with van der Waals surface area (Å²) in [6.45, 7) is 2.12. The second-order valence-corrected chi connectivity index (χ2v) is 5.69. The summed E-state index contributed by atoms with van der Waals surface area (Å²) < 4.78 is 0. The summed E-state index contributed by atoms with van der Waals surface area (Å²) in [5.74, 6) is 0. The number of halogens is 2. The molecule has 0 aliphatic carbocycles. The number of benzene rings is 1. The fourth-order valence-electron chi connectivity index (χ4n) is 1.69. The standard InChI is InChI=1S/C12H15BrClNO2/c1-2-3-10(13)6-4-9-5-7-11(14)8-12(9)15(16)17/h5,7-8,10H,2-4,6H2,1H3. The van der Waals surface area contributed by atoms with Gasteiger partial charge < -0.3 is 0 Å². The molecule has 1 aromatic rings. The maximum Gasteiger partial charge on any atom is 0.274 e. The second kappa shape index (κ2) is 6.97. The summed E-state index contributed by atoms with van der Waals surface area (Å²) >= 11 is 9.34. The van der Waals surface area contributed by atoms with Crippen LogP contribution in [0.2, 0.25) is 5.02 Å². The van der Waals surface area contributed by atoms with Crippen molar-refractivity contribution in [1.82, 2.24) is 0 Å². The first-order chi connectivity index (χ1) is 8.04. The van der Waals surface area contributed by atoms with Crippen molar-refractivity contribution in [2.75, 3.05) is 0 Å². The molecule has 1 unspecified atom stereocenters. The molecule has 0 spiro atoms. The van der Waals surface area contributed by atoms with E-state index in [-0.39, 0.29) is 10.6 Å². The Balaban J connectivity index is 2.73. The van der Waals surface area contributed by atoms with Crippen LogP contribution < -0.4 is 0 Å². The zero-order valence-corrected chi connectivity index (χ0v) is 12.0. The van der Waals surface area contributed by atoms with Crippen molar-refractivity contribution in [2.24, 2.45) is 0 Å². The number of hydrogen-bond acceptors (Lipinski definition) is 2. The Morgan fingerprint density at radius 3 is 2.76 bits per heavy atom. The number of rotatable bonds is 6. The molecule has 0 radical (unpaired) electrons. The van der Waals surface area contributed by atoms with Gasteiger partial charge in [0.15, 0.2) is 0 Å². The summed E-state index contributed by atoms with van der Waals surface area (Å²) in [4.78, 5) is 10.9. The number of hydrogen-bond donors (Lipinski definition) is 0. The predicted molar refractivity (Wildman–Crippen MR) is 74.1 cm³/mol. The number of aryl methyl sites for hydroxylation is 1. The minimum Gasteiger partial charge on any atom is -0.258 e. The Labute approximate surface area is 114 Å². The molecular formula is C12H15BrClNO2. The molecule has 3 nitrogen and oxygen atoms in total. The van der Waals surface area contributed by atoms with Gasteiger partial charge in [0, 0.05) is 21.5 Å². The summed E-state index contributed by atoms with van der Waals surface area (Å²) in [5.41, 5.74) is 0.869. The van der Waals surface area contributed by atoms with E-state index in [2.05, 4.69) is 22.9 Å². The number of nitrogens with zero attached hydrogens (tertiary/aromatic N) is 1. The summed E-state index contributed by atoms with van der Waals surface area (Å²) in [6.07, 6.45) is 3.79. The highest BCUT2D eigenvalue weighted by Crippen LogP contribution is 2.26. The first-order valence-electron chi connectivity index (χ1n) is 5.61. The smallest absolute Gasteiger partial charge is 0.258 e. The molecule has 0 fully saturated rings. The predicted octanol–water partition coefficient (Wildman–Crippen LogP) is 4.74. The average Bonchev–Trinajstić information content (AvgIpc) is 2.27. The maximum atomic E-state index is 10.9. The lowest BCUT2D eigenvalue weighted by Crippen LogP contribution is -2.02. The van der Waals surface area contributed by atoms with Crippen molar-refractivity contribution in [2.45, 2.75) is 37.4 Å². The quantitative estimate of drug-likeness (QED) is 0.431. The molecule has 0 bridgehead atoms. The topological polar surface area (TPSA) is 43.1 Å². The second-order valence-electron chi connectivity index (χ2n) is 3.95. The third-order valence-electron chi connectivity index (χ3n) is 2.57. The molecule has 1 aromatic carbocycles. The third kappa shape index (κ3) is 4.64. The van der Waals surface area contributed by atoms with Crippen LogP contribution in [-0.4, -0.2) is 9.75 Å². The van der Waals surface area contributed by atoms with Crippen LogP contribution in [0.5, 0.6) is 0 Å². The molecule has 1 rings (SSSR count). The first kappa shape index (κ1) is 14.5. The first-order valence-corrected chi connectivity index (χ1v) is 6.90. The van der Waals surface area contributed by atoms with Crippen LogP contribution >= 0.6 is 27.5 Å². The number of nitro benzene ring substituents is 1. The van der Waals surface area contributed by atoms with Crippen LogP contribution in [0.4, 0.5) is 5.69 Å². The van der Waals surface area contributed by atoms with Crippen molar-refractivity contribution in [3.63, 3.8) is 0 Å². The van der Waals surface area contributed by atoms with Gasteiger partial charge in [-0.2, -0.15) is 0 Å². The lowest BCUT2D eigenvalue weighted by atomic mass is 10.0. The summed E-state index contributed by atoms with van der Waals surface area (Å²) in [6, 6.07) is 4.86. The lowest BCUT2D eigenvalue weighted by Gasteiger charge is -2.08. The van der Waals surface area contributed by atoms with E-state index in [0.717, 1.165) is 24.8 Å². The minimum atomic E-state index is -0.371. The Kier molecular flexibility index (Phi) is 5.92. The van der Waals surface area contributed by atoms with Crippen molar-refractivity contribution in [3.05, 3.63) is 38.9 Å². The number of alkyl halides is 1. The highest BCUT2D eigenvalue weighted by molar-refractivity contribution is 9.09. The van der Waals surface area contributed by atoms with Crippen molar-refractivity contribution in [1.29, 1.82) is 0 Å². The molecule has 0 saturated carbocycles. The molecule has 5 heteroatoms. The van der Waals surface area contributed by atoms with Gasteiger partial charge in [-0.1, -0.05) is 46.9 Å². The molecule has 0 amide bonds. The van der Waals surface area contributed by atoms with E-state index in [4.69, 9.17) is 11.6 Å². The van der Waals surface area contributed by atoms with Gasteiger partial charge in [0.25, 0.3) is 5.69 Å². The molecule has 0 aliphatic heterocycles. The number of nitro groups is 1. The fourth-order valence-corrected chi connectivity index (χ4v) is 2.54. The van der Waals surface area contributed by atoms with Crippen LogP contribution in [0.25, 0.3) is 0 Å². The molecular weight excluding hydrogens is 305 g/mol. The van der Waals surface area contributed by atoms with Crippen molar-refractivity contribution in [3.8, 4) is 0 Å². The largest absolute Gasteiger partial charge is 0.274 e. The average molecular weight is 321 g/mol. The Hall–Kier alpha value is -0.610. The highest BCUT2D eigenvalue weighted by Gasteiger charge is 2.15. The summed E-state index contributed by atoms with van der Waals surface area (Å²) in [5, 5.41) is 11.3. The molecule has 0 aromatic heterocycles. The lowest BCUT2D eigenvalue weighted by molar-refractivity contribution is -0.385. The van der Waals surface area contributed by atoms with Gasteiger partial charge in [0.05, 0.1) is 4.92 Å². The molecule has 1 atom stereocenters. The zero-order chi connectivity index (χ0) is 12.8. The van der Waals surface area contributed by atoms with Gasteiger partial charge in [-0.15, -0.1) is 0 Å². The van der Waals surface area contributed by atoms with E-state index < -0.39 is 0 Å². The normalized spacial score (nSPS) is 12.4. The van der Waals surface area contributed by atoms with Crippen molar-refractivity contribution < 1.29 is 4.92 Å². The Morgan fingerprint density at radius 1 is 1.47 bits per heavy atom. The SMILES string of the molecule is CCCC(Br)CCc1ccc(Cl)cc1[N+](=O)[O-].